The van der Waals surface area contributed by atoms with Gasteiger partial charge in [-0.25, -0.2) is 4.98 Å². The van der Waals surface area contributed by atoms with Crippen LogP contribution in [0.1, 0.15) is 4.88 Å². The van der Waals surface area contributed by atoms with E-state index in [1.54, 1.807) is 18.4 Å². The molecule has 0 unspecified atom stereocenters. The maximum Gasteiger partial charge on any atom is 0.201 e. The number of nitrogen functional groups attached to an aromatic ring is 1. The molecule has 0 fully saturated rings. The Bertz CT molecular complexity index is 750. The molecule has 0 atom stereocenters. The molecule has 3 aromatic rings. The molecular formula is C14H14ClN3OS. The molecule has 6 heteroatoms. The van der Waals surface area contributed by atoms with Crippen LogP contribution < -0.4 is 10.5 Å². The van der Waals surface area contributed by atoms with Gasteiger partial charge in [0.1, 0.15) is 5.75 Å². The van der Waals surface area contributed by atoms with Crippen LogP contribution in [-0.2, 0) is 13.0 Å². The van der Waals surface area contributed by atoms with E-state index in [9.17, 15) is 0 Å². The minimum Gasteiger partial charge on any atom is -0.497 e. The Labute approximate surface area is 125 Å². The van der Waals surface area contributed by atoms with E-state index in [0.717, 1.165) is 34.1 Å². The maximum atomic E-state index is 6.00. The number of thiophene rings is 1. The van der Waals surface area contributed by atoms with Crippen LogP contribution in [0.2, 0.25) is 4.34 Å². The minimum absolute atomic E-state index is 0.524. The summed E-state index contributed by atoms with van der Waals surface area (Å²) in [4.78, 5) is 5.60. The van der Waals surface area contributed by atoms with Gasteiger partial charge >= 0.3 is 0 Å². The second kappa shape index (κ2) is 5.34. The van der Waals surface area contributed by atoms with E-state index in [1.165, 1.54) is 4.88 Å². The largest absolute Gasteiger partial charge is 0.497 e. The van der Waals surface area contributed by atoms with Gasteiger partial charge in [0, 0.05) is 17.5 Å². The lowest BCUT2D eigenvalue weighted by Gasteiger charge is -2.06. The first-order valence-corrected chi connectivity index (χ1v) is 7.41. The predicted molar refractivity (Wildman–Crippen MR) is 83.7 cm³/mol. The van der Waals surface area contributed by atoms with Crippen LogP contribution >= 0.6 is 22.9 Å². The van der Waals surface area contributed by atoms with Crippen LogP contribution in [0.25, 0.3) is 11.0 Å². The third-order valence-electron chi connectivity index (χ3n) is 3.20. The molecule has 0 aliphatic carbocycles. The van der Waals surface area contributed by atoms with Gasteiger partial charge in [-0.15, -0.1) is 11.3 Å². The summed E-state index contributed by atoms with van der Waals surface area (Å²) in [5.74, 6) is 1.33. The van der Waals surface area contributed by atoms with Crippen LogP contribution in [0.4, 0.5) is 5.95 Å². The number of halogens is 1. The lowest BCUT2D eigenvalue weighted by atomic mass is 10.3. The molecule has 0 aliphatic rings. The third-order valence-corrected chi connectivity index (χ3v) is 4.49. The SMILES string of the molecule is COc1ccc2nc(N)n(CCc3ccc(Cl)s3)c2c1. The number of hydrogen-bond donors (Lipinski definition) is 1. The molecule has 4 nitrogen and oxygen atoms in total. The molecular weight excluding hydrogens is 294 g/mol. The summed E-state index contributed by atoms with van der Waals surface area (Å²) in [5.41, 5.74) is 7.87. The van der Waals surface area contributed by atoms with Crippen molar-refractivity contribution in [2.45, 2.75) is 13.0 Å². The quantitative estimate of drug-likeness (QED) is 0.801. The number of ether oxygens (including phenoxy) is 1. The fourth-order valence-electron chi connectivity index (χ4n) is 2.19. The lowest BCUT2D eigenvalue weighted by molar-refractivity contribution is 0.415. The number of nitrogens with two attached hydrogens (primary N) is 1. The van der Waals surface area contributed by atoms with Gasteiger partial charge in [0.05, 0.1) is 22.5 Å². The number of anilines is 1. The van der Waals surface area contributed by atoms with Gasteiger partial charge in [-0.3, -0.25) is 0 Å². The van der Waals surface area contributed by atoms with E-state index in [1.807, 2.05) is 34.9 Å². The summed E-state index contributed by atoms with van der Waals surface area (Å²) < 4.78 is 8.07. The number of methoxy groups -OCH3 is 1. The van der Waals surface area contributed by atoms with Gasteiger partial charge in [0.25, 0.3) is 0 Å². The Hall–Kier alpha value is -1.72. The van der Waals surface area contributed by atoms with Gasteiger partial charge in [-0.2, -0.15) is 0 Å². The van der Waals surface area contributed by atoms with E-state index < -0.39 is 0 Å². The topological polar surface area (TPSA) is 53.1 Å². The molecule has 0 bridgehead atoms. The average molecular weight is 308 g/mol. The molecule has 0 amide bonds. The minimum atomic E-state index is 0.524. The van der Waals surface area contributed by atoms with E-state index in [-0.39, 0.29) is 0 Å². The highest BCUT2D eigenvalue weighted by Gasteiger charge is 2.09. The average Bonchev–Trinajstić information content (AvgIpc) is 2.98. The normalized spacial score (nSPS) is 11.1. The summed E-state index contributed by atoms with van der Waals surface area (Å²) in [6, 6.07) is 9.73. The highest BCUT2D eigenvalue weighted by atomic mass is 35.5. The zero-order valence-electron chi connectivity index (χ0n) is 11.0. The van der Waals surface area contributed by atoms with Crippen molar-refractivity contribution in [1.82, 2.24) is 9.55 Å². The number of benzene rings is 1. The second-order valence-corrected chi connectivity index (χ2v) is 6.23. The zero-order valence-corrected chi connectivity index (χ0v) is 12.5. The van der Waals surface area contributed by atoms with Crippen molar-refractivity contribution in [3.63, 3.8) is 0 Å². The number of nitrogens with zero attached hydrogens (tertiary/aromatic N) is 2. The molecule has 2 N–H and O–H groups in total. The molecule has 3 rings (SSSR count). The summed E-state index contributed by atoms with van der Waals surface area (Å²) in [6.07, 6.45) is 0.879. The van der Waals surface area contributed by atoms with Gasteiger partial charge in [0.2, 0.25) is 5.95 Å². The molecule has 20 heavy (non-hydrogen) atoms. The summed E-state index contributed by atoms with van der Waals surface area (Å²) >= 11 is 7.54. The molecule has 1 aromatic carbocycles. The van der Waals surface area contributed by atoms with Crippen LogP contribution in [0.15, 0.2) is 30.3 Å². The Kier molecular flexibility index (Phi) is 3.54. The van der Waals surface area contributed by atoms with Gasteiger partial charge in [-0.05, 0) is 30.7 Å². The van der Waals surface area contributed by atoms with Crippen molar-refractivity contribution in [1.29, 1.82) is 0 Å². The second-order valence-electron chi connectivity index (χ2n) is 4.43. The number of fused-ring (bicyclic) bond motifs is 1. The molecule has 0 spiro atoms. The first kappa shape index (κ1) is 13.3. The molecule has 0 saturated heterocycles. The number of imidazole rings is 1. The van der Waals surface area contributed by atoms with Crippen molar-refractivity contribution >= 4 is 39.9 Å². The standard InChI is InChI=1S/C14H14ClN3OS/c1-19-9-2-4-11-12(8-9)18(14(16)17-11)7-6-10-3-5-13(15)20-10/h2-5,8H,6-7H2,1H3,(H2,16,17). The first-order valence-electron chi connectivity index (χ1n) is 6.21. The summed E-state index contributed by atoms with van der Waals surface area (Å²) in [6.45, 7) is 0.770. The zero-order chi connectivity index (χ0) is 14.1. The van der Waals surface area contributed by atoms with E-state index in [4.69, 9.17) is 22.1 Å². The molecule has 0 aliphatic heterocycles. The van der Waals surface area contributed by atoms with Crippen LogP contribution in [0, 0.1) is 0 Å². The van der Waals surface area contributed by atoms with Crippen molar-refractivity contribution < 1.29 is 4.74 Å². The smallest absolute Gasteiger partial charge is 0.201 e. The van der Waals surface area contributed by atoms with Crippen molar-refractivity contribution in [2.75, 3.05) is 12.8 Å². The first-order chi connectivity index (χ1) is 9.67. The van der Waals surface area contributed by atoms with E-state index in [2.05, 4.69) is 4.98 Å². The van der Waals surface area contributed by atoms with Crippen LogP contribution in [0.3, 0.4) is 0 Å². The van der Waals surface area contributed by atoms with Gasteiger partial charge < -0.3 is 15.0 Å². The van der Waals surface area contributed by atoms with Gasteiger partial charge in [0.15, 0.2) is 0 Å². The molecule has 0 radical (unpaired) electrons. The number of aryl methyl sites for hydroxylation is 2. The van der Waals surface area contributed by atoms with Crippen molar-refractivity contribution in [3.05, 3.63) is 39.5 Å². The van der Waals surface area contributed by atoms with Crippen molar-refractivity contribution in [3.8, 4) is 5.75 Å². The Morgan fingerprint density at radius 2 is 2.20 bits per heavy atom. The van der Waals surface area contributed by atoms with Gasteiger partial charge in [-0.1, -0.05) is 11.6 Å². The Morgan fingerprint density at radius 3 is 2.90 bits per heavy atom. The fourth-order valence-corrected chi connectivity index (χ4v) is 3.27. The number of rotatable bonds is 4. The predicted octanol–water partition coefficient (Wildman–Crippen LogP) is 3.58. The number of aromatic nitrogens is 2. The number of hydrogen-bond acceptors (Lipinski definition) is 4. The molecule has 0 saturated carbocycles. The van der Waals surface area contributed by atoms with Crippen LogP contribution in [0.5, 0.6) is 5.75 Å². The Morgan fingerprint density at radius 1 is 1.35 bits per heavy atom. The maximum absolute atomic E-state index is 6.00. The van der Waals surface area contributed by atoms with Crippen molar-refractivity contribution in [2.24, 2.45) is 0 Å². The monoisotopic (exact) mass is 307 g/mol. The van der Waals surface area contributed by atoms with E-state index >= 15 is 0 Å². The fraction of sp³-hybridized carbons (Fsp3) is 0.214. The summed E-state index contributed by atoms with van der Waals surface area (Å²) in [7, 11) is 1.65. The summed E-state index contributed by atoms with van der Waals surface area (Å²) in [5, 5.41) is 0. The molecule has 2 heterocycles. The third kappa shape index (κ3) is 2.46. The molecule has 104 valence electrons. The highest BCUT2D eigenvalue weighted by Crippen LogP contribution is 2.25. The highest BCUT2D eigenvalue weighted by molar-refractivity contribution is 7.16. The van der Waals surface area contributed by atoms with E-state index in [0.29, 0.717) is 5.95 Å². The van der Waals surface area contributed by atoms with Crippen LogP contribution in [-0.4, -0.2) is 16.7 Å². The Balaban J connectivity index is 1.91. The molecule has 2 aromatic heterocycles. The lowest BCUT2D eigenvalue weighted by Crippen LogP contribution is -2.05.